The maximum Gasteiger partial charge on any atom is 0.115 e. The van der Waals surface area contributed by atoms with E-state index in [-0.39, 0.29) is 11.5 Å². The van der Waals surface area contributed by atoms with Crippen molar-refractivity contribution in [3.05, 3.63) is 65.2 Å². The van der Waals surface area contributed by atoms with Crippen LogP contribution in [0.4, 0.5) is 0 Å². The van der Waals surface area contributed by atoms with Gasteiger partial charge in [-0.25, -0.2) is 0 Å². The molecule has 4 nitrogen and oxygen atoms in total. The topological polar surface area (TPSA) is 58.9 Å². The summed E-state index contributed by atoms with van der Waals surface area (Å²) in [6.45, 7) is 5.48. The molecule has 0 unspecified atom stereocenters. The molecule has 0 spiro atoms. The van der Waals surface area contributed by atoms with Crippen molar-refractivity contribution >= 4 is 0 Å². The van der Waals surface area contributed by atoms with Crippen LogP contribution in [0.2, 0.25) is 0 Å². The summed E-state index contributed by atoms with van der Waals surface area (Å²) in [6.07, 6.45) is 5.54. The van der Waals surface area contributed by atoms with Crippen LogP contribution in [0.5, 0.6) is 5.75 Å². The van der Waals surface area contributed by atoms with E-state index in [1.807, 2.05) is 26.0 Å². The summed E-state index contributed by atoms with van der Waals surface area (Å²) in [6, 6.07) is 16.6. The zero-order valence-electron chi connectivity index (χ0n) is 18.8. The lowest BCUT2D eigenvalue weighted by Gasteiger charge is -2.53. The van der Waals surface area contributed by atoms with Crippen molar-refractivity contribution in [3.8, 4) is 5.75 Å². The largest absolute Gasteiger partial charge is 0.508 e. The first kappa shape index (κ1) is 22.3. The van der Waals surface area contributed by atoms with Crippen LogP contribution in [0, 0.1) is 5.92 Å². The summed E-state index contributed by atoms with van der Waals surface area (Å²) in [5, 5.41) is 21.4. The Morgan fingerprint density at radius 3 is 2.65 bits per heavy atom. The summed E-state index contributed by atoms with van der Waals surface area (Å²) in [4.78, 5) is 0. The molecule has 4 rings (SSSR count). The van der Waals surface area contributed by atoms with Crippen LogP contribution in [-0.4, -0.2) is 41.7 Å². The van der Waals surface area contributed by atoms with Crippen molar-refractivity contribution in [1.29, 1.82) is 0 Å². The van der Waals surface area contributed by atoms with E-state index in [2.05, 4.69) is 36.4 Å². The van der Waals surface area contributed by atoms with Crippen molar-refractivity contribution in [1.82, 2.24) is 0 Å². The molecule has 0 radical (unpaired) electrons. The second kappa shape index (κ2) is 9.32. The van der Waals surface area contributed by atoms with Crippen molar-refractivity contribution in [3.63, 3.8) is 0 Å². The fourth-order valence-corrected chi connectivity index (χ4v) is 5.78. The molecule has 2 aromatic carbocycles. The third kappa shape index (κ3) is 4.97. The molecule has 1 fully saturated rings. The summed E-state index contributed by atoms with van der Waals surface area (Å²) in [5.74, 6) is 0.732. The van der Waals surface area contributed by atoms with E-state index in [0.29, 0.717) is 31.5 Å². The van der Waals surface area contributed by atoms with Gasteiger partial charge in [-0.05, 0) is 87.1 Å². The van der Waals surface area contributed by atoms with Crippen LogP contribution in [0.25, 0.3) is 0 Å². The molecule has 31 heavy (non-hydrogen) atoms. The third-order valence-corrected chi connectivity index (χ3v) is 7.24. The number of rotatable bonds is 8. The average molecular weight is 425 g/mol. The number of phenols is 1. The van der Waals surface area contributed by atoms with E-state index < -0.39 is 5.60 Å². The standard InChI is InChI=1S/C27H36O4/c1-20(2)31-15-14-30-19-26(29)12-13-27(17-21-6-4-3-5-7-21)23(18-26)9-8-22-16-24(28)10-11-25(22)27/h3-7,10-11,16,20,23,28-29H,8-9,12-15,17-19H2,1-2H3/t23-,26-,27+/m1/s1. The second-order valence-corrected chi connectivity index (χ2v) is 9.80. The Morgan fingerprint density at radius 1 is 1.06 bits per heavy atom. The number of aromatic hydroxyl groups is 1. The van der Waals surface area contributed by atoms with Crippen molar-refractivity contribution < 1.29 is 19.7 Å². The summed E-state index contributed by atoms with van der Waals surface area (Å²) in [5.41, 5.74) is 3.17. The maximum atomic E-state index is 11.4. The van der Waals surface area contributed by atoms with Gasteiger partial charge in [0.25, 0.3) is 0 Å². The Balaban J connectivity index is 1.54. The molecule has 2 N–H and O–H groups in total. The molecule has 3 atom stereocenters. The van der Waals surface area contributed by atoms with E-state index in [1.165, 1.54) is 16.7 Å². The molecule has 168 valence electrons. The zero-order valence-corrected chi connectivity index (χ0v) is 18.8. The van der Waals surface area contributed by atoms with Crippen molar-refractivity contribution in [2.75, 3.05) is 19.8 Å². The maximum absolute atomic E-state index is 11.4. The quantitative estimate of drug-likeness (QED) is 0.598. The Morgan fingerprint density at radius 2 is 1.87 bits per heavy atom. The minimum atomic E-state index is -0.781. The van der Waals surface area contributed by atoms with Crippen LogP contribution in [0.3, 0.4) is 0 Å². The molecule has 0 aliphatic heterocycles. The van der Waals surface area contributed by atoms with Gasteiger partial charge in [-0.3, -0.25) is 0 Å². The number of benzene rings is 2. The highest BCUT2D eigenvalue weighted by Gasteiger charge is 2.51. The Kier molecular flexibility index (Phi) is 6.71. The fourth-order valence-electron chi connectivity index (χ4n) is 5.78. The van der Waals surface area contributed by atoms with E-state index >= 15 is 0 Å². The van der Waals surface area contributed by atoms with Crippen LogP contribution in [0.1, 0.15) is 56.2 Å². The number of phenolic OH excluding ortho intramolecular Hbond substituents is 1. The third-order valence-electron chi connectivity index (χ3n) is 7.24. The number of aliphatic hydroxyl groups is 1. The van der Waals surface area contributed by atoms with Gasteiger partial charge in [0.15, 0.2) is 0 Å². The van der Waals surface area contributed by atoms with Crippen LogP contribution < -0.4 is 0 Å². The molecule has 0 heterocycles. The molecule has 0 aromatic heterocycles. The molecule has 0 saturated heterocycles. The average Bonchev–Trinajstić information content (AvgIpc) is 2.74. The van der Waals surface area contributed by atoms with Crippen LogP contribution >= 0.6 is 0 Å². The number of ether oxygens (including phenoxy) is 2. The Hall–Kier alpha value is -1.88. The highest BCUT2D eigenvalue weighted by Crippen LogP contribution is 2.54. The lowest BCUT2D eigenvalue weighted by atomic mass is 9.52. The van der Waals surface area contributed by atoms with Crippen LogP contribution in [0.15, 0.2) is 48.5 Å². The molecule has 1 saturated carbocycles. The first-order valence-corrected chi connectivity index (χ1v) is 11.7. The highest BCUT2D eigenvalue weighted by molar-refractivity contribution is 5.44. The lowest BCUT2D eigenvalue weighted by Crippen LogP contribution is -2.53. The van der Waals surface area contributed by atoms with Crippen molar-refractivity contribution in [2.24, 2.45) is 5.92 Å². The molecule has 2 aromatic rings. The summed E-state index contributed by atoms with van der Waals surface area (Å²) in [7, 11) is 0. The van der Waals surface area contributed by atoms with E-state index in [0.717, 1.165) is 38.5 Å². The van der Waals surface area contributed by atoms with E-state index in [1.54, 1.807) is 0 Å². The molecule has 2 aliphatic rings. The first-order valence-electron chi connectivity index (χ1n) is 11.7. The number of aryl methyl sites for hydroxylation is 1. The molecule has 2 aliphatic carbocycles. The number of fused-ring (bicyclic) bond motifs is 3. The van der Waals surface area contributed by atoms with Gasteiger partial charge in [0.1, 0.15) is 5.75 Å². The molecule has 0 bridgehead atoms. The highest BCUT2D eigenvalue weighted by atomic mass is 16.5. The molecular weight excluding hydrogens is 388 g/mol. The number of hydrogen-bond donors (Lipinski definition) is 2. The van der Waals surface area contributed by atoms with Crippen LogP contribution in [-0.2, 0) is 27.7 Å². The van der Waals surface area contributed by atoms with Gasteiger partial charge in [-0.15, -0.1) is 0 Å². The minimum Gasteiger partial charge on any atom is -0.508 e. The fraction of sp³-hybridized carbons (Fsp3) is 0.556. The lowest BCUT2D eigenvalue weighted by molar-refractivity contribution is -0.108. The van der Waals surface area contributed by atoms with Gasteiger partial charge >= 0.3 is 0 Å². The summed E-state index contributed by atoms with van der Waals surface area (Å²) < 4.78 is 11.4. The molecule has 4 heteroatoms. The normalized spacial score (nSPS) is 27.7. The molecular formula is C27H36O4. The Bertz CT molecular complexity index is 865. The van der Waals surface area contributed by atoms with Crippen molar-refractivity contribution in [2.45, 2.75) is 69.5 Å². The summed E-state index contributed by atoms with van der Waals surface area (Å²) >= 11 is 0. The minimum absolute atomic E-state index is 0.00434. The number of hydrogen-bond acceptors (Lipinski definition) is 4. The zero-order chi connectivity index (χ0) is 21.9. The van der Waals surface area contributed by atoms with E-state index in [4.69, 9.17) is 9.47 Å². The monoisotopic (exact) mass is 424 g/mol. The first-order chi connectivity index (χ1) is 14.9. The Labute approximate surface area is 186 Å². The predicted molar refractivity (Wildman–Crippen MR) is 122 cm³/mol. The van der Waals surface area contributed by atoms with E-state index in [9.17, 15) is 10.2 Å². The second-order valence-electron chi connectivity index (χ2n) is 9.80. The van der Waals surface area contributed by atoms with Gasteiger partial charge in [0.05, 0.1) is 31.5 Å². The van der Waals surface area contributed by atoms with Gasteiger partial charge in [0.2, 0.25) is 0 Å². The van der Waals surface area contributed by atoms with Gasteiger partial charge < -0.3 is 19.7 Å². The predicted octanol–water partition coefficient (Wildman–Crippen LogP) is 4.79. The molecule has 0 amide bonds. The van der Waals surface area contributed by atoms with Gasteiger partial charge in [-0.2, -0.15) is 0 Å². The smallest absolute Gasteiger partial charge is 0.115 e. The van der Waals surface area contributed by atoms with Gasteiger partial charge in [0, 0.05) is 5.41 Å². The SMILES string of the molecule is CC(C)OCCOC[C@@]1(O)CC[C@@]2(Cc3ccccc3)c3ccc(O)cc3CC[C@@H]2C1. The van der Waals surface area contributed by atoms with Gasteiger partial charge in [-0.1, -0.05) is 36.4 Å².